The molecular weight excluding hydrogens is 368 g/mol. The van der Waals surface area contributed by atoms with Gasteiger partial charge in [-0.25, -0.2) is 4.68 Å². The SMILES string of the molecule is CCC(C)(C)n1nnnc1[C@@H](c1cccs1)[NH+]1CCN(c2ccccc2)CC1. The molecule has 4 rings (SSSR count). The molecule has 0 saturated carbocycles. The largest absolute Gasteiger partial charge is 0.360 e. The molecule has 0 amide bonds. The molecule has 1 N–H and O–H groups in total. The molecule has 1 aliphatic rings. The summed E-state index contributed by atoms with van der Waals surface area (Å²) in [4.78, 5) is 5.36. The van der Waals surface area contributed by atoms with Crippen molar-refractivity contribution in [3.63, 3.8) is 0 Å². The predicted molar refractivity (Wildman–Crippen MR) is 113 cm³/mol. The average molecular weight is 398 g/mol. The van der Waals surface area contributed by atoms with Crippen molar-refractivity contribution in [3.05, 3.63) is 58.5 Å². The molecule has 3 heterocycles. The van der Waals surface area contributed by atoms with Gasteiger partial charge in [-0.3, -0.25) is 0 Å². The number of hydrogen-bond acceptors (Lipinski definition) is 5. The molecule has 1 atom stereocenters. The molecule has 3 aromatic rings. The number of para-hydroxylation sites is 1. The summed E-state index contributed by atoms with van der Waals surface area (Å²) in [5.74, 6) is 0.984. The smallest absolute Gasteiger partial charge is 0.215 e. The minimum absolute atomic E-state index is 0.0976. The number of rotatable bonds is 6. The van der Waals surface area contributed by atoms with E-state index in [0.717, 1.165) is 38.4 Å². The van der Waals surface area contributed by atoms with Crippen molar-refractivity contribution in [2.45, 2.75) is 38.8 Å². The first-order valence-electron chi connectivity index (χ1n) is 10.1. The number of nitrogens with one attached hydrogen (secondary N) is 1. The Bertz CT molecular complexity index is 865. The Labute approximate surface area is 170 Å². The lowest BCUT2D eigenvalue weighted by Crippen LogP contribution is -3.15. The highest BCUT2D eigenvalue weighted by molar-refractivity contribution is 7.10. The van der Waals surface area contributed by atoms with Gasteiger partial charge >= 0.3 is 0 Å². The van der Waals surface area contributed by atoms with Gasteiger partial charge in [-0.15, -0.1) is 16.4 Å². The van der Waals surface area contributed by atoms with Crippen LogP contribution < -0.4 is 9.80 Å². The van der Waals surface area contributed by atoms with Crippen molar-refractivity contribution in [1.82, 2.24) is 20.2 Å². The Balaban J connectivity index is 1.61. The van der Waals surface area contributed by atoms with Crippen molar-refractivity contribution < 1.29 is 4.90 Å². The summed E-state index contributed by atoms with van der Waals surface area (Å²) in [5, 5.41) is 15.1. The summed E-state index contributed by atoms with van der Waals surface area (Å²) in [6.07, 6.45) is 0.985. The summed E-state index contributed by atoms with van der Waals surface area (Å²) < 4.78 is 2.05. The van der Waals surface area contributed by atoms with Crippen LogP contribution in [0.4, 0.5) is 5.69 Å². The van der Waals surface area contributed by atoms with Crippen LogP contribution >= 0.6 is 11.3 Å². The number of thiophene rings is 1. The topological polar surface area (TPSA) is 51.3 Å². The van der Waals surface area contributed by atoms with E-state index >= 15 is 0 Å². The number of quaternary nitrogens is 1. The molecule has 1 aliphatic heterocycles. The molecule has 2 aromatic heterocycles. The molecule has 0 unspecified atom stereocenters. The van der Waals surface area contributed by atoms with E-state index in [1.807, 2.05) is 4.68 Å². The zero-order chi connectivity index (χ0) is 19.6. The molecule has 0 aliphatic carbocycles. The Hall–Kier alpha value is -2.25. The predicted octanol–water partition coefficient (Wildman–Crippen LogP) is 2.37. The van der Waals surface area contributed by atoms with Gasteiger partial charge in [-0.05, 0) is 54.3 Å². The van der Waals surface area contributed by atoms with Gasteiger partial charge in [-0.1, -0.05) is 31.2 Å². The second kappa shape index (κ2) is 8.01. The fourth-order valence-electron chi connectivity index (χ4n) is 3.90. The first kappa shape index (κ1) is 19.1. The second-order valence-corrected chi connectivity index (χ2v) is 9.02. The molecular formula is C21H29N6S+. The quantitative estimate of drug-likeness (QED) is 0.694. The van der Waals surface area contributed by atoms with Crippen molar-refractivity contribution >= 4 is 17.0 Å². The lowest BCUT2D eigenvalue weighted by atomic mass is 10.0. The minimum Gasteiger partial charge on any atom is -0.360 e. The van der Waals surface area contributed by atoms with E-state index < -0.39 is 0 Å². The van der Waals surface area contributed by atoms with E-state index in [0.29, 0.717) is 0 Å². The Morgan fingerprint density at radius 3 is 2.50 bits per heavy atom. The van der Waals surface area contributed by atoms with Crippen LogP contribution in [0.3, 0.4) is 0 Å². The molecule has 148 valence electrons. The fraction of sp³-hybridized carbons (Fsp3) is 0.476. The average Bonchev–Trinajstić information content (AvgIpc) is 3.43. The highest BCUT2D eigenvalue weighted by Gasteiger charge is 2.37. The van der Waals surface area contributed by atoms with Gasteiger partial charge < -0.3 is 9.80 Å². The van der Waals surface area contributed by atoms with Gasteiger partial charge in [0, 0.05) is 5.69 Å². The normalized spacial score (nSPS) is 17.0. The maximum Gasteiger partial charge on any atom is 0.215 e. The van der Waals surface area contributed by atoms with Crippen LogP contribution in [0.2, 0.25) is 0 Å². The minimum atomic E-state index is -0.0976. The van der Waals surface area contributed by atoms with Gasteiger partial charge in [0.15, 0.2) is 6.04 Å². The zero-order valence-electron chi connectivity index (χ0n) is 16.9. The van der Waals surface area contributed by atoms with Crippen molar-refractivity contribution in [1.29, 1.82) is 0 Å². The van der Waals surface area contributed by atoms with Gasteiger partial charge in [0.25, 0.3) is 0 Å². The number of benzene rings is 1. The van der Waals surface area contributed by atoms with E-state index in [4.69, 9.17) is 0 Å². The summed E-state index contributed by atoms with van der Waals surface area (Å²) >= 11 is 1.80. The number of hydrogen-bond donors (Lipinski definition) is 1. The van der Waals surface area contributed by atoms with Crippen LogP contribution in [0.1, 0.15) is 43.9 Å². The van der Waals surface area contributed by atoms with E-state index in [1.54, 1.807) is 11.3 Å². The number of tetrazole rings is 1. The molecule has 28 heavy (non-hydrogen) atoms. The summed E-state index contributed by atoms with van der Waals surface area (Å²) in [5.41, 5.74) is 1.21. The second-order valence-electron chi connectivity index (χ2n) is 8.04. The standard InChI is InChI=1S/C21H28N6S/c1-4-21(2,3)27-20(22-23-24-27)19(18-11-8-16-28-18)26-14-12-25(13-15-26)17-9-6-5-7-10-17/h5-11,16,19H,4,12-15H2,1-3H3/p+1/t19-/m1/s1. The van der Waals surface area contributed by atoms with Gasteiger partial charge in [0.2, 0.25) is 5.82 Å². The van der Waals surface area contributed by atoms with Crippen molar-refractivity contribution in [3.8, 4) is 0 Å². The van der Waals surface area contributed by atoms with Gasteiger partial charge in [0.1, 0.15) is 0 Å². The molecule has 1 saturated heterocycles. The maximum absolute atomic E-state index is 4.51. The highest BCUT2D eigenvalue weighted by Crippen LogP contribution is 2.27. The molecule has 1 aromatic carbocycles. The molecule has 0 spiro atoms. The van der Waals surface area contributed by atoms with Crippen LogP contribution in [-0.4, -0.2) is 46.4 Å². The Morgan fingerprint density at radius 2 is 1.86 bits per heavy atom. The third-order valence-electron chi connectivity index (χ3n) is 5.95. The van der Waals surface area contributed by atoms with Crippen LogP contribution in [-0.2, 0) is 5.54 Å². The molecule has 6 nitrogen and oxygen atoms in total. The Kier molecular flexibility index (Phi) is 5.46. The third kappa shape index (κ3) is 3.69. The fourth-order valence-corrected chi connectivity index (χ4v) is 4.78. The third-order valence-corrected chi connectivity index (χ3v) is 6.89. The lowest BCUT2D eigenvalue weighted by molar-refractivity contribution is -0.926. The first-order valence-corrected chi connectivity index (χ1v) is 10.9. The maximum atomic E-state index is 4.51. The number of anilines is 1. The van der Waals surface area contributed by atoms with Crippen LogP contribution in [0.5, 0.6) is 0 Å². The lowest BCUT2D eigenvalue weighted by Gasteiger charge is -2.37. The molecule has 7 heteroatoms. The van der Waals surface area contributed by atoms with E-state index in [-0.39, 0.29) is 11.6 Å². The zero-order valence-corrected chi connectivity index (χ0v) is 17.7. The van der Waals surface area contributed by atoms with Crippen molar-refractivity contribution in [2.75, 3.05) is 31.1 Å². The molecule has 0 radical (unpaired) electrons. The summed E-state index contributed by atoms with van der Waals surface area (Å²) in [7, 11) is 0. The highest BCUT2D eigenvalue weighted by atomic mass is 32.1. The van der Waals surface area contributed by atoms with Gasteiger partial charge in [-0.2, -0.15) is 0 Å². The van der Waals surface area contributed by atoms with Gasteiger partial charge in [0.05, 0.1) is 36.6 Å². The summed E-state index contributed by atoms with van der Waals surface area (Å²) in [6, 6.07) is 15.2. The number of piperazine rings is 1. The van der Waals surface area contributed by atoms with E-state index in [1.165, 1.54) is 15.5 Å². The number of aromatic nitrogens is 4. The summed E-state index contributed by atoms with van der Waals surface area (Å²) in [6.45, 7) is 10.8. The molecule has 0 bridgehead atoms. The van der Waals surface area contributed by atoms with Crippen LogP contribution in [0, 0.1) is 0 Å². The van der Waals surface area contributed by atoms with Crippen LogP contribution in [0.25, 0.3) is 0 Å². The monoisotopic (exact) mass is 397 g/mol. The van der Waals surface area contributed by atoms with E-state index in [9.17, 15) is 0 Å². The first-order chi connectivity index (χ1) is 13.6. The van der Waals surface area contributed by atoms with E-state index in [2.05, 4.69) is 89.0 Å². The van der Waals surface area contributed by atoms with Crippen LogP contribution in [0.15, 0.2) is 47.8 Å². The Morgan fingerprint density at radius 1 is 1.11 bits per heavy atom. The van der Waals surface area contributed by atoms with Crippen molar-refractivity contribution in [2.24, 2.45) is 0 Å². The number of nitrogens with zero attached hydrogens (tertiary/aromatic N) is 5. The molecule has 1 fully saturated rings.